The van der Waals surface area contributed by atoms with Crippen LogP contribution in [-0.2, 0) is 11.3 Å². The molecule has 1 aromatic carbocycles. The molecule has 0 atom stereocenters. The molecular formula is C18H21F2NO. The highest BCUT2D eigenvalue weighted by atomic mass is 19.2. The summed E-state index contributed by atoms with van der Waals surface area (Å²) in [5.74, 6) is -0.948. The second kappa shape index (κ2) is 8.65. The average molecular weight is 305 g/mol. The van der Waals surface area contributed by atoms with E-state index in [1.165, 1.54) is 12.1 Å². The number of rotatable bonds is 6. The first-order valence-electron chi connectivity index (χ1n) is 7.79. The summed E-state index contributed by atoms with van der Waals surface area (Å²) in [7, 11) is 0. The molecule has 0 aromatic heterocycles. The number of allylic oxidation sites excluding steroid dienone is 2. The molecule has 2 nitrogen and oxygen atoms in total. The third-order valence-corrected chi connectivity index (χ3v) is 4.20. The van der Waals surface area contributed by atoms with Gasteiger partial charge in [0.2, 0.25) is 0 Å². The molecule has 1 saturated carbocycles. The van der Waals surface area contributed by atoms with E-state index in [0.717, 1.165) is 44.6 Å². The summed E-state index contributed by atoms with van der Waals surface area (Å²) in [6.45, 7) is 0.331. The lowest BCUT2D eigenvalue weighted by molar-refractivity contribution is 0.00634. The van der Waals surface area contributed by atoms with Crippen molar-refractivity contribution in [3.05, 3.63) is 47.5 Å². The van der Waals surface area contributed by atoms with Crippen molar-refractivity contribution >= 4 is 0 Å². The molecule has 1 aromatic rings. The van der Waals surface area contributed by atoms with Crippen molar-refractivity contribution in [2.45, 2.75) is 51.2 Å². The molecule has 0 spiro atoms. The van der Waals surface area contributed by atoms with Crippen LogP contribution in [0.4, 0.5) is 8.78 Å². The Kier molecular flexibility index (Phi) is 6.54. The van der Waals surface area contributed by atoms with Gasteiger partial charge in [0.15, 0.2) is 11.6 Å². The summed E-state index contributed by atoms with van der Waals surface area (Å²) in [5.41, 5.74) is 0.669. The molecule has 0 radical (unpaired) electrons. The lowest BCUT2D eigenvalue weighted by Gasteiger charge is -2.28. The van der Waals surface area contributed by atoms with E-state index in [-0.39, 0.29) is 6.10 Å². The number of nitriles is 1. The minimum absolute atomic E-state index is 0.207. The fourth-order valence-electron chi connectivity index (χ4n) is 2.90. The highest BCUT2D eigenvalue weighted by Crippen LogP contribution is 2.30. The molecule has 0 unspecified atom stereocenters. The average Bonchev–Trinajstić information content (AvgIpc) is 2.54. The van der Waals surface area contributed by atoms with E-state index in [1.807, 2.05) is 12.1 Å². The number of benzene rings is 1. The van der Waals surface area contributed by atoms with Gasteiger partial charge in [0.1, 0.15) is 0 Å². The molecule has 0 N–H and O–H groups in total. The zero-order chi connectivity index (χ0) is 15.8. The Hall–Kier alpha value is -1.73. The molecule has 22 heavy (non-hydrogen) atoms. The van der Waals surface area contributed by atoms with Crippen molar-refractivity contribution in [1.82, 2.24) is 0 Å². The van der Waals surface area contributed by atoms with Crippen LogP contribution in [-0.4, -0.2) is 6.10 Å². The summed E-state index contributed by atoms with van der Waals surface area (Å²) in [6.07, 6.45) is 10.0. The maximum absolute atomic E-state index is 13.1. The quantitative estimate of drug-likeness (QED) is 0.700. The van der Waals surface area contributed by atoms with Gasteiger partial charge in [-0.05, 0) is 62.1 Å². The Morgan fingerprint density at radius 2 is 1.95 bits per heavy atom. The summed E-state index contributed by atoms with van der Waals surface area (Å²) in [6, 6.07) is 5.90. The van der Waals surface area contributed by atoms with Crippen molar-refractivity contribution in [1.29, 1.82) is 5.26 Å². The van der Waals surface area contributed by atoms with Crippen LogP contribution in [0.15, 0.2) is 30.4 Å². The zero-order valence-electron chi connectivity index (χ0n) is 12.6. The second-order valence-electron chi connectivity index (χ2n) is 5.81. The van der Waals surface area contributed by atoms with E-state index >= 15 is 0 Å². The fourth-order valence-corrected chi connectivity index (χ4v) is 2.90. The predicted octanol–water partition coefficient (Wildman–Crippen LogP) is 4.90. The molecule has 1 aliphatic rings. The van der Waals surface area contributed by atoms with Crippen LogP contribution in [0.5, 0.6) is 0 Å². The standard InChI is InChI=1S/C18H21F2NO/c19-17-10-7-15(12-18(17)20)13-22-16-8-5-14(6-9-16)4-2-1-3-11-21/h1,3,7,10,12,14,16H,2,4-6,8-9,13H2/b3-1+/t14-,16-. The summed E-state index contributed by atoms with van der Waals surface area (Å²) in [5, 5.41) is 8.43. The maximum atomic E-state index is 13.1. The van der Waals surface area contributed by atoms with Crippen LogP contribution in [0.1, 0.15) is 44.1 Å². The van der Waals surface area contributed by atoms with Gasteiger partial charge in [0.25, 0.3) is 0 Å². The van der Waals surface area contributed by atoms with Crippen molar-refractivity contribution in [3.8, 4) is 6.07 Å². The first-order valence-corrected chi connectivity index (χ1v) is 7.79. The van der Waals surface area contributed by atoms with Gasteiger partial charge in [-0.1, -0.05) is 12.1 Å². The molecule has 1 fully saturated rings. The van der Waals surface area contributed by atoms with Gasteiger partial charge in [-0.3, -0.25) is 0 Å². The molecule has 0 aliphatic heterocycles. The van der Waals surface area contributed by atoms with Gasteiger partial charge in [0, 0.05) is 6.08 Å². The van der Waals surface area contributed by atoms with Crippen LogP contribution in [0, 0.1) is 28.9 Å². The van der Waals surface area contributed by atoms with Crippen molar-refractivity contribution < 1.29 is 13.5 Å². The van der Waals surface area contributed by atoms with Crippen molar-refractivity contribution in [2.24, 2.45) is 5.92 Å². The smallest absolute Gasteiger partial charge is 0.159 e. The Bertz CT molecular complexity index is 543. The summed E-state index contributed by atoms with van der Waals surface area (Å²) < 4.78 is 31.8. The minimum atomic E-state index is -0.824. The largest absolute Gasteiger partial charge is 0.374 e. The SMILES string of the molecule is N#C/C=C/CC[C@H]1CC[C@H](OCc2ccc(F)c(F)c2)CC1. The topological polar surface area (TPSA) is 33.0 Å². The first kappa shape index (κ1) is 16.6. The lowest BCUT2D eigenvalue weighted by Crippen LogP contribution is -2.21. The molecule has 0 saturated heterocycles. The van der Waals surface area contributed by atoms with E-state index in [0.29, 0.717) is 18.1 Å². The van der Waals surface area contributed by atoms with E-state index in [1.54, 1.807) is 6.07 Å². The normalized spacial score (nSPS) is 21.9. The first-order chi connectivity index (χ1) is 10.7. The molecule has 4 heteroatoms. The number of hydrogen-bond donors (Lipinski definition) is 0. The van der Waals surface area contributed by atoms with Gasteiger partial charge in [-0.25, -0.2) is 8.78 Å². The molecule has 118 valence electrons. The van der Waals surface area contributed by atoms with Gasteiger partial charge in [-0.15, -0.1) is 0 Å². The molecule has 0 heterocycles. The lowest BCUT2D eigenvalue weighted by atomic mass is 9.84. The summed E-state index contributed by atoms with van der Waals surface area (Å²) >= 11 is 0. The number of nitrogens with zero attached hydrogens (tertiary/aromatic N) is 1. The van der Waals surface area contributed by atoms with E-state index < -0.39 is 11.6 Å². The molecule has 0 amide bonds. The Morgan fingerprint density at radius 1 is 1.18 bits per heavy atom. The maximum Gasteiger partial charge on any atom is 0.159 e. The van der Waals surface area contributed by atoms with E-state index in [9.17, 15) is 8.78 Å². The number of ether oxygens (including phenoxy) is 1. The van der Waals surface area contributed by atoms with Crippen LogP contribution in [0.3, 0.4) is 0 Å². The predicted molar refractivity (Wildman–Crippen MR) is 80.9 cm³/mol. The van der Waals surface area contributed by atoms with Crippen LogP contribution in [0.2, 0.25) is 0 Å². The van der Waals surface area contributed by atoms with E-state index in [2.05, 4.69) is 0 Å². The van der Waals surface area contributed by atoms with Gasteiger partial charge in [-0.2, -0.15) is 5.26 Å². The molecule has 1 aliphatic carbocycles. The fraction of sp³-hybridized carbons (Fsp3) is 0.500. The van der Waals surface area contributed by atoms with Crippen LogP contribution < -0.4 is 0 Å². The van der Waals surface area contributed by atoms with Gasteiger partial charge >= 0.3 is 0 Å². The van der Waals surface area contributed by atoms with Crippen molar-refractivity contribution in [2.75, 3.05) is 0 Å². The molecule has 2 rings (SSSR count). The number of hydrogen-bond acceptors (Lipinski definition) is 2. The number of halogens is 2. The highest BCUT2D eigenvalue weighted by molar-refractivity contribution is 5.16. The van der Waals surface area contributed by atoms with Crippen molar-refractivity contribution in [3.63, 3.8) is 0 Å². The van der Waals surface area contributed by atoms with Gasteiger partial charge in [0.05, 0.1) is 18.8 Å². The molecule has 0 bridgehead atoms. The Balaban J connectivity index is 1.68. The Labute approximate surface area is 130 Å². The van der Waals surface area contributed by atoms with Crippen LogP contribution >= 0.6 is 0 Å². The Morgan fingerprint density at radius 3 is 2.64 bits per heavy atom. The van der Waals surface area contributed by atoms with E-state index in [4.69, 9.17) is 10.00 Å². The zero-order valence-corrected chi connectivity index (χ0v) is 12.6. The molecular weight excluding hydrogens is 284 g/mol. The highest BCUT2D eigenvalue weighted by Gasteiger charge is 2.21. The third-order valence-electron chi connectivity index (χ3n) is 4.20. The second-order valence-corrected chi connectivity index (χ2v) is 5.81. The van der Waals surface area contributed by atoms with Gasteiger partial charge < -0.3 is 4.74 Å². The minimum Gasteiger partial charge on any atom is -0.374 e. The third kappa shape index (κ3) is 5.23. The monoisotopic (exact) mass is 305 g/mol. The van der Waals surface area contributed by atoms with Crippen LogP contribution in [0.25, 0.3) is 0 Å². The summed E-state index contributed by atoms with van der Waals surface area (Å²) in [4.78, 5) is 0.